The fraction of sp³-hybridized carbons (Fsp3) is 0.571. The number of piperidine rings is 1. The van der Waals surface area contributed by atoms with Crippen molar-refractivity contribution in [1.82, 2.24) is 5.32 Å². The van der Waals surface area contributed by atoms with Crippen LogP contribution in [0.15, 0.2) is 24.3 Å². The molecule has 1 aliphatic rings. The summed E-state index contributed by atoms with van der Waals surface area (Å²) < 4.78 is 5.92. The normalized spacial score (nSPS) is 26.5. The molecule has 0 radical (unpaired) electrons. The van der Waals surface area contributed by atoms with Crippen LogP contribution in [0.3, 0.4) is 0 Å². The van der Waals surface area contributed by atoms with Crippen molar-refractivity contribution >= 4 is 0 Å². The van der Waals surface area contributed by atoms with E-state index in [1.165, 1.54) is 0 Å². The van der Waals surface area contributed by atoms with Crippen molar-refractivity contribution in [2.24, 2.45) is 0 Å². The van der Waals surface area contributed by atoms with Gasteiger partial charge in [-0.3, -0.25) is 0 Å². The van der Waals surface area contributed by atoms with Gasteiger partial charge in [0, 0.05) is 12.6 Å². The van der Waals surface area contributed by atoms with Gasteiger partial charge in [0.25, 0.3) is 0 Å². The molecule has 1 fully saturated rings. The first-order chi connectivity index (χ1) is 8.15. The summed E-state index contributed by atoms with van der Waals surface area (Å²) in [7, 11) is 0. The van der Waals surface area contributed by atoms with Crippen molar-refractivity contribution in [1.29, 1.82) is 0 Å². The number of aliphatic hydroxyl groups excluding tert-OH is 1. The van der Waals surface area contributed by atoms with Crippen LogP contribution in [0, 0.1) is 0 Å². The van der Waals surface area contributed by atoms with Crippen LogP contribution in [-0.4, -0.2) is 23.8 Å². The van der Waals surface area contributed by atoms with E-state index in [0.717, 1.165) is 30.7 Å². The van der Waals surface area contributed by atoms with E-state index in [1.54, 1.807) is 6.92 Å². The summed E-state index contributed by atoms with van der Waals surface area (Å²) in [4.78, 5) is 0. The van der Waals surface area contributed by atoms with Crippen molar-refractivity contribution in [3.05, 3.63) is 29.8 Å². The van der Waals surface area contributed by atoms with Crippen LogP contribution in [-0.2, 0) is 0 Å². The Hall–Kier alpha value is -1.06. The van der Waals surface area contributed by atoms with E-state index in [-0.39, 0.29) is 6.10 Å². The fourth-order valence-electron chi connectivity index (χ4n) is 2.11. The molecule has 1 aliphatic heterocycles. The monoisotopic (exact) mass is 235 g/mol. The lowest BCUT2D eigenvalue weighted by atomic mass is 10.0. The molecule has 3 nitrogen and oxygen atoms in total. The molecular formula is C14H21NO2. The van der Waals surface area contributed by atoms with Crippen LogP contribution < -0.4 is 10.1 Å². The highest BCUT2D eigenvalue weighted by Crippen LogP contribution is 2.21. The van der Waals surface area contributed by atoms with Gasteiger partial charge in [-0.05, 0) is 44.4 Å². The fourth-order valence-corrected chi connectivity index (χ4v) is 2.11. The SMILES string of the molecule is CC(O)c1cccc(O[C@@H]2CC[C@@H](C)NC2)c1. The van der Waals surface area contributed by atoms with Gasteiger partial charge in [0.05, 0.1) is 6.10 Å². The largest absolute Gasteiger partial charge is 0.489 e. The average Bonchev–Trinajstić information content (AvgIpc) is 2.32. The average molecular weight is 235 g/mol. The Labute approximate surface area is 103 Å². The van der Waals surface area contributed by atoms with Crippen LogP contribution in [0.1, 0.15) is 38.4 Å². The maximum Gasteiger partial charge on any atom is 0.120 e. The summed E-state index contributed by atoms with van der Waals surface area (Å²) in [6.07, 6.45) is 2.05. The number of hydrogen-bond acceptors (Lipinski definition) is 3. The third-order valence-electron chi connectivity index (χ3n) is 3.26. The number of hydrogen-bond donors (Lipinski definition) is 2. The van der Waals surface area contributed by atoms with Crippen molar-refractivity contribution < 1.29 is 9.84 Å². The maximum absolute atomic E-state index is 9.52. The second-order valence-electron chi connectivity index (χ2n) is 4.87. The minimum atomic E-state index is -0.442. The van der Waals surface area contributed by atoms with E-state index in [1.807, 2.05) is 24.3 Å². The molecule has 0 aromatic heterocycles. The van der Waals surface area contributed by atoms with E-state index in [9.17, 15) is 5.11 Å². The van der Waals surface area contributed by atoms with Gasteiger partial charge in [-0.1, -0.05) is 12.1 Å². The maximum atomic E-state index is 9.52. The highest BCUT2D eigenvalue weighted by atomic mass is 16.5. The molecule has 2 rings (SSSR count). The predicted molar refractivity (Wildman–Crippen MR) is 68.2 cm³/mol. The molecule has 0 spiro atoms. The Bertz CT molecular complexity index is 357. The molecule has 17 heavy (non-hydrogen) atoms. The molecule has 1 saturated heterocycles. The smallest absolute Gasteiger partial charge is 0.120 e. The Morgan fingerprint density at radius 1 is 1.41 bits per heavy atom. The summed E-state index contributed by atoms with van der Waals surface area (Å²) in [5, 5.41) is 12.9. The van der Waals surface area contributed by atoms with Gasteiger partial charge in [0.2, 0.25) is 0 Å². The lowest BCUT2D eigenvalue weighted by molar-refractivity contribution is 0.151. The summed E-state index contributed by atoms with van der Waals surface area (Å²) >= 11 is 0. The third-order valence-corrected chi connectivity index (χ3v) is 3.26. The standard InChI is InChI=1S/C14H21NO2/c1-10-6-7-14(9-15-10)17-13-5-3-4-12(8-13)11(2)16/h3-5,8,10-11,14-16H,6-7,9H2,1-2H3/t10-,11?,14-/m1/s1. The van der Waals surface area contributed by atoms with E-state index < -0.39 is 6.10 Å². The number of nitrogens with one attached hydrogen (secondary N) is 1. The zero-order valence-corrected chi connectivity index (χ0v) is 10.5. The number of aliphatic hydroxyl groups is 1. The Balaban J connectivity index is 1.96. The zero-order chi connectivity index (χ0) is 12.3. The third kappa shape index (κ3) is 3.45. The lowest BCUT2D eigenvalue weighted by Gasteiger charge is -2.28. The molecule has 3 atom stereocenters. The first-order valence-corrected chi connectivity index (χ1v) is 6.33. The minimum Gasteiger partial charge on any atom is -0.489 e. The first-order valence-electron chi connectivity index (χ1n) is 6.33. The highest BCUT2D eigenvalue weighted by molar-refractivity contribution is 5.29. The van der Waals surface area contributed by atoms with E-state index in [0.29, 0.717) is 6.04 Å². The van der Waals surface area contributed by atoms with Crippen LogP contribution in [0.4, 0.5) is 0 Å². The zero-order valence-electron chi connectivity index (χ0n) is 10.5. The number of ether oxygens (including phenoxy) is 1. The van der Waals surface area contributed by atoms with Gasteiger partial charge in [0.15, 0.2) is 0 Å². The molecule has 0 amide bonds. The molecule has 2 N–H and O–H groups in total. The second kappa shape index (κ2) is 5.52. The van der Waals surface area contributed by atoms with Crippen LogP contribution in [0.2, 0.25) is 0 Å². The van der Waals surface area contributed by atoms with Crippen LogP contribution in [0.5, 0.6) is 5.75 Å². The first kappa shape index (κ1) is 12.4. The molecule has 1 unspecified atom stereocenters. The molecule has 1 heterocycles. The molecule has 1 aromatic carbocycles. The molecular weight excluding hydrogens is 214 g/mol. The van der Waals surface area contributed by atoms with Gasteiger partial charge < -0.3 is 15.2 Å². The van der Waals surface area contributed by atoms with Crippen molar-refractivity contribution in [2.75, 3.05) is 6.54 Å². The topological polar surface area (TPSA) is 41.5 Å². The Morgan fingerprint density at radius 2 is 2.24 bits per heavy atom. The van der Waals surface area contributed by atoms with Crippen molar-refractivity contribution in [3.8, 4) is 5.75 Å². The quantitative estimate of drug-likeness (QED) is 0.844. The van der Waals surface area contributed by atoms with Crippen molar-refractivity contribution in [2.45, 2.75) is 44.9 Å². The van der Waals surface area contributed by atoms with Crippen LogP contribution >= 0.6 is 0 Å². The molecule has 94 valence electrons. The summed E-state index contributed by atoms with van der Waals surface area (Å²) in [6, 6.07) is 8.31. The summed E-state index contributed by atoms with van der Waals surface area (Å²) in [5.74, 6) is 0.852. The molecule has 0 aliphatic carbocycles. The molecule has 3 heteroatoms. The molecule has 0 saturated carbocycles. The van der Waals surface area contributed by atoms with Gasteiger partial charge in [-0.25, -0.2) is 0 Å². The number of benzene rings is 1. The molecule has 0 bridgehead atoms. The van der Waals surface area contributed by atoms with E-state index in [2.05, 4.69) is 12.2 Å². The minimum absolute atomic E-state index is 0.246. The van der Waals surface area contributed by atoms with E-state index >= 15 is 0 Å². The summed E-state index contributed by atoms with van der Waals surface area (Å²) in [6.45, 7) is 4.87. The predicted octanol–water partition coefficient (Wildman–Crippen LogP) is 2.26. The van der Waals surface area contributed by atoms with Gasteiger partial charge in [0.1, 0.15) is 11.9 Å². The van der Waals surface area contributed by atoms with Crippen molar-refractivity contribution in [3.63, 3.8) is 0 Å². The Kier molecular flexibility index (Phi) is 4.02. The Morgan fingerprint density at radius 3 is 2.88 bits per heavy atom. The summed E-state index contributed by atoms with van der Waals surface area (Å²) in [5.41, 5.74) is 0.902. The number of rotatable bonds is 3. The van der Waals surface area contributed by atoms with Crippen LogP contribution in [0.25, 0.3) is 0 Å². The van der Waals surface area contributed by atoms with Gasteiger partial charge >= 0.3 is 0 Å². The molecule has 1 aromatic rings. The van der Waals surface area contributed by atoms with E-state index in [4.69, 9.17) is 4.74 Å². The lowest BCUT2D eigenvalue weighted by Crippen LogP contribution is -2.42. The highest BCUT2D eigenvalue weighted by Gasteiger charge is 2.18. The van der Waals surface area contributed by atoms with Gasteiger partial charge in [-0.15, -0.1) is 0 Å². The van der Waals surface area contributed by atoms with Gasteiger partial charge in [-0.2, -0.15) is 0 Å². The second-order valence-corrected chi connectivity index (χ2v) is 4.87.